The Labute approximate surface area is 122 Å². The molecule has 1 heterocycles. The van der Waals surface area contributed by atoms with Gasteiger partial charge in [-0.3, -0.25) is 9.59 Å². The summed E-state index contributed by atoms with van der Waals surface area (Å²) < 4.78 is 13.5. The first-order valence-electron chi connectivity index (χ1n) is 6.66. The van der Waals surface area contributed by atoms with Gasteiger partial charge in [0.15, 0.2) is 0 Å². The molecule has 1 aliphatic rings. The molecule has 3 N–H and O–H groups in total. The Balaban J connectivity index is 2.02. The van der Waals surface area contributed by atoms with Gasteiger partial charge in [-0.1, -0.05) is 11.8 Å². The SMILES string of the molecule is NCC#Cc1cc(NC(=O)CN2CCCC2=O)ccc1F. The highest BCUT2D eigenvalue weighted by Crippen LogP contribution is 2.15. The fourth-order valence-electron chi connectivity index (χ4n) is 2.09. The number of rotatable bonds is 3. The van der Waals surface area contributed by atoms with Gasteiger partial charge in [0.05, 0.1) is 18.7 Å². The maximum atomic E-state index is 13.5. The summed E-state index contributed by atoms with van der Waals surface area (Å²) in [4.78, 5) is 24.8. The highest BCUT2D eigenvalue weighted by Gasteiger charge is 2.22. The Morgan fingerprint density at radius 1 is 1.48 bits per heavy atom. The summed E-state index contributed by atoms with van der Waals surface area (Å²) in [7, 11) is 0. The summed E-state index contributed by atoms with van der Waals surface area (Å²) in [6.45, 7) is 0.746. The van der Waals surface area contributed by atoms with Crippen LogP contribution in [0.3, 0.4) is 0 Å². The second-order valence-electron chi connectivity index (χ2n) is 4.67. The first kappa shape index (κ1) is 15.0. The van der Waals surface area contributed by atoms with Gasteiger partial charge in [-0.2, -0.15) is 0 Å². The molecule has 1 saturated heterocycles. The lowest BCUT2D eigenvalue weighted by atomic mass is 10.2. The number of halogens is 1. The van der Waals surface area contributed by atoms with Gasteiger partial charge < -0.3 is 16.0 Å². The first-order chi connectivity index (χ1) is 10.1. The normalized spacial score (nSPS) is 13.8. The van der Waals surface area contributed by atoms with Crippen LogP contribution in [0.5, 0.6) is 0 Å². The van der Waals surface area contributed by atoms with Gasteiger partial charge in [0.2, 0.25) is 11.8 Å². The molecule has 0 atom stereocenters. The highest BCUT2D eigenvalue weighted by molar-refractivity contribution is 5.95. The zero-order chi connectivity index (χ0) is 15.2. The van der Waals surface area contributed by atoms with Gasteiger partial charge >= 0.3 is 0 Å². The molecule has 0 saturated carbocycles. The van der Waals surface area contributed by atoms with Crippen molar-refractivity contribution in [3.8, 4) is 11.8 Å². The number of anilines is 1. The van der Waals surface area contributed by atoms with Gasteiger partial charge in [0.25, 0.3) is 0 Å². The largest absolute Gasteiger partial charge is 0.333 e. The quantitative estimate of drug-likeness (QED) is 0.804. The van der Waals surface area contributed by atoms with Crippen molar-refractivity contribution in [2.75, 3.05) is 25.0 Å². The zero-order valence-electron chi connectivity index (χ0n) is 11.5. The molecule has 0 unspecified atom stereocenters. The van der Waals surface area contributed by atoms with Crippen molar-refractivity contribution >= 4 is 17.5 Å². The smallest absolute Gasteiger partial charge is 0.243 e. The van der Waals surface area contributed by atoms with Gasteiger partial charge in [-0.25, -0.2) is 4.39 Å². The summed E-state index contributed by atoms with van der Waals surface area (Å²) in [5.41, 5.74) is 5.86. The maximum Gasteiger partial charge on any atom is 0.243 e. The summed E-state index contributed by atoms with van der Waals surface area (Å²) in [6, 6.07) is 4.13. The number of likely N-dealkylation sites (tertiary alicyclic amines) is 1. The van der Waals surface area contributed by atoms with Gasteiger partial charge in [-0.15, -0.1) is 0 Å². The Morgan fingerprint density at radius 2 is 2.29 bits per heavy atom. The van der Waals surface area contributed by atoms with Crippen molar-refractivity contribution in [1.29, 1.82) is 0 Å². The maximum absolute atomic E-state index is 13.5. The van der Waals surface area contributed by atoms with Gasteiger partial charge in [0.1, 0.15) is 5.82 Å². The molecule has 1 aliphatic heterocycles. The Bertz CT molecular complexity index is 619. The molecule has 5 nitrogen and oxygen atoms in total. The minimum absolute atomic E-state index is 0.0139. The first-order valence-corrected chi connectivity index (χ1v) is 6.66. The van der Waals surface area contributed by atoms with E-state index in [1.807, 2.05) is 0 Å². The summed E-state index contributed by atoms with van der Waals surface area (Å²) in [5, 5.41) is 2.63. The van der Waals surface area contributed by atoms with E-state index in [2.05, 4.69) is 17.2 Å². The predicted molar refractivity (Wildman–Crippen MR) is 76.8 cm³/mol. The third-order valence-corrected chi connectivity index (χ3v) is 3.08. The predicted octanol–water partition coefficient (Wildman–Crippen LogP) is 0.697. The van der Waals surface area contributed by atoms with E-state index < -0.39 is 5.82 Å². The molecule has 0 aliphatic carbocycles. The lowest BCUT2D eigenvalue weighted by Crippen LogP contribution is -2.33. The van der Waals surface area contributed by atoms with Crippen molar-refractivity contribution in [2.45, 2.75) is 12.8 Å². The molecule has 1 aromatic carbocycles. The van der Waals surface area contributed by atoms with Crippen molar-refractivity contribution in [2.24, 2.45) is 5.73 Å². The van der Waals surface area contributed by atoms with E-state index in [-0.39, 0.29) is 30.5 Å². The number of nitrogens with one attached hydrogen (secondary N) is 1. The molecule has 6 heteroatoms. The van der Waals surface area contributed by atoms with Crippen molar-refractivity contribution in [3.05, 3.63) is 29.6 Å². The highest BCUT2D eigenvalue weighted by atomic mass is 19.1. The van der Waals surface area contributed by atoms with Crippen LogP contribution in [0.15, 0.2) is 18.2 Å². The lowest BCUT2D eigenvalue weighted by molar-refractivity contribution is -0.131. The number of carbonyl (C=O) groups excluding carboxylic acids is 2. The van der Waals surface area contributed by atoms with Crippen LogP contribution in [-0.4, -0.2) is 36.3 Å². The topological polar surface area (TPSA) is 75.4 Å². The Morgan fingerprint density at radius 3 is 2.95 bits per heavy atom. The molecule has 2 amide bonds. The third kappa shape index (κ3) is 4.04. The van der Waals surface area contributed by atoms with E-state index in [1.165, 1.54) is 23.1 Å². The number of amides is 2. The number of benzene rings is 1. The standard InChI is InChI=1S/C15H16FN3O2/c16-13-6-5-12(9-11(13)3-1-7-17)18-14(20)10-19-8-2-4-15(19)21/h5-6,9H,2,4,7-8,10,17H2,(H,18,20). The van der Waals surface area contributed by atoms with Crippen LogP contribution < -0.4 is 11.1 Å². The van der Waals surface area contributed by atoms with E-state index in [0.717, 1.165) is 6.42 Å². The van der Waals surface area contributed by atoms with Crippen LogP contribution in [-0.2, 0) is 9.59 Å². The number of hydrogen-bond acceptors (Lipinski definition) is 3. The van der Waals surface area contributed by atoms with E-state index >= 15 is 0 Å². The zero-order valence-corrected chi connectivity index (χ0v) is 11.5. The lowest BCUT2D eigenvalue weighted by Gasteiger charge is -2.15. The molecule has 1 aromatic rings. The molecule has 21 heavy (non-hydrogen) atoms. The molecule has 110 valence electrons. The number of carbonyl (C=O) groups is 2. The van der Waals surface area contributed by atoms with E-state index in [9.17, 15) is 14.0 Å². The van der Waals surface area contributed by atoms with E-state index in [0.29, 0.717) is 18.7 Å². The fourth-order valence-corrected chi connectivity index (χ4v) is 2.09. The Kier molecular flexibility index (Phi) is 4.90. The van der Waals surface area contributed by atoms with Crippen molar-refractivity contribution < 1.29 is 14.0 Å². The second-order valence-corrected chi connectivity index (χ2v) is 4.67. The fraction of sp³-hybridized carbons (Fsp3) is 0.333. The van der Waals surface area contributed by atoms with Gasteiger partial charge in [-0.05, 0) is 24.6 Å². The molecule has 2 rings (SSSR count). The van der Waals surface area contributed by atoms with Crippen LogP contribution in [0.1, 0.15) is 18.4 Å². The molecular weight excluding hydrogens is 273 g/mol. The van der Waals surface area contributed by atoms with Crippen LogP contribution in [0.25, 0.3) is 0 Å². The van der Waals surface area contributed by atoms with Crippen LogP contribution in [0.4, 0.5) is 10.1 Å². The van der Waals surface area contributed by atoms with Crippen LogP contribution in [0, 0.1) is 17.7 Å². The van der Waals surface area contributed by atoms with Crippen LogP contribution >= 0.6 is 0 Å². The number of nitrogens with two attached hydrogens (primary N) is 1. The third-order valence-electron chi connectivity index (χ3n) is 3.08. The molecular formula is C15H16FN3O2. The minimum Gasteiger partial charge on any atom is -0.333 e. The van der Waals surface area contributed by atoms with Crippen LogP contribution in [0.2, 0.25) is 0 Å². The second kappa shape index (κ2) is 6.86. The van der Waals surface area contributed by atoms with Crippen molar-refractivity contribution in [1.82, 2.24) is 4.90 Å². The average molecular weight is 289 g/mol. The Hall–Kier alpha value is -2.39. The molecule has 1 fully saturated rings. The summed E-state index contributed by atoms with van der Waals surface area (Å²) >= 11 is 0. The number of hydrogen-bond donors (Lipinski definition) is 2. The number of nitrogens with zero attached hydrogens (tertiary/aromatic N) is 1. The monoisotopic (exact) mass is 289 g/mol. The van der Waals surface area contributed by atoms with E-state index in [1.54, 1.807) is 0 Å². The summed E-state index contributed by atoms with van der Waals surface area (Å²) in [6.07, 6.45) is 1.27. The van der Waals surface area contributed by atoms with E-state index in [4.69, 9.17) is 5.73 Å². The average Bonchev–Trinajstić information content (AvgIpc) is 2.85. The molecule has 0 bridgehead atoms. The molecule has 0 radical (unpaired) electrons. The van der Waals surface area contributed by atoms with Gasteiger partial charge in [0, 0.05) is 18.7 Å². The molecule has 0 aromatic heterocycles. The minimum atomic E-state index is -0.469. The summed E-state index contributed by atoms with van der Waals surface area (Å²) in [5.74, 6) is 4.37. The molecule has 0 spiro atoms. The van der Waals surface area contributed by atoms with Crippen molar-refractivity contribution in [3.63, 3.8) is 0 Å².